The molecule has 3 aromatic carbocycles. The Morgan fingerprint density at radius 2 is 1.51 bits per heavy atom. The van der Waals surface area contributed by atoms with Crippen LogP contribution in [0.4, 0.5) is 33.0 Å². The number of fused-ring (bicyclic) bond motifs is 2. The summed E-state index contributed by atoms with van der Waals surface area (Å²) >= 11 is 6.33. The number of halogens is 2. The quantitative estimate of drug-likeness (QED) is 0.0195. The van der Waals surface area contributed by atoms with E-state index < -0.39 is 63.8 Å². The Bertz CT molecular complexity index is 2140. The van der Waals surface area contributed by atoms with Crippen LogP contribution in [-0.4, -0.2) is 49.2 Å². The summed E-state index contributed by atoms with van der Waals surface area (Å²) in [5, 5.41) is 17.5. The van der Waals surface area contributed by atoms with Crippen molar-refractivity contribution in [2.45, 2.75) is 14.9 Å². The van der Waals surface area contributed by atoms with E-state index in [-0.39, 0.29) is 104 Å². The molecule has 1 aliphatic rings. The molecule has 234 valence electrons. The summed E-state index contributed by atoms with van der Waals surface area (Å²) < 4.78 is 78.2. The number of nitrogen functional groups attached to an aromatic ring is 1. The van der Waals surface area contributed by atoms with Crippen LogP contribution in [0.1, 0.15) is 31.8 Å². The first kappa shape index (κ1) is 39.2. The Labute approximate surface area is 319 Å². The molecule has 0 unspecified atom stereocenters. The van der Waals surface area contributed by atoms with Crippen LogP contribution < -0.4 is 80.7 Å². The zero-order valence-corrected chi connectivity index (χ0v) is 31.4. The summed E-state index contributed by atoms with van der Waals surface area (Å²) in [6.07, 6.45) is 0.786. The fourth-order valence-electron chi connectivity index (χ4n) is 4.31. The van der Waals surface area contributed by atoms with Crippen molar-refractivity contribution in [2.75, 3.05) is 22.6 Å². The zero-order valence-electron chi connectivity index (χ0n) is 24.2. The van der Waals surface area contributed by atoms with Gasteiger partial charge in [-0.1, -0.05) is 11.6 Å². The van der Waals surface area contributed by atoms with Crippen molar-refractivity contribution in [3.63, 3.8) is 0 Å². The Morgan fingerprint density at radius 1 is 0.915 bits per heavy atom. The van der Waals surface area contributed by atoms with Gasteiger partial charge in [0.25, 0.3) is 5.16 Å². The molecule has 0 saturated heterocycles. The molecule has 5 rings (SSSR count). The third-order valence-electron chi connectivity index (χ3n) is 6.24. The number of rotatable bonds is 9. The molecule has 4 N–H and O–H groups in total. The van der Waals surface area contributed by atoms with E-state index >= 15 is 0 Å². The predicted molar refractivity (Wildman–Crippen MR) is 153 cm³/mol. The Morgan fingerprint density at radius 3 is 2.09 bits per heavy atom. The molecule has 47 heavy (non-hydrogen) atoms. The first-order valence-corrected chi connectivity index (χ1v) is 16.4. The van der Waals surface area contributed by atoms with Crippen LogP contribution in [0.25, 0.3) is 0 Å². The topological polar surface area (TPSA) is 243 Å². The third-order valence-corrected chi connectivity index (χ3v) is 8.87. The Kier molecular flexibility index (Phi) is 12.6. The van der Waals surface area contributed by atoms with E-state index in [2.05, 4.69) is 30.0 Å². The number of ketones is 2. The second-order valence-electron chi connectivity index (χ2n) is 9.18. The number of nitrogens with zero attached hydrogens (tertiary/aromatic N) is 2. The van der Waals surface area contributed by atoms with Crippen LogP contribution in [0.3, 0.4) is 0 Å². The molecular formula is C25H15ClFN5Na2O10S3. The summed E-state index contributed by atoms with van der Waals surface area (Å²) in [5.74, 6) is -3.23. The smallest absolute Gasteiger partial charge is 0.744 e. The first-order valence-electron chi connectivity index (χ1n) is 12.0. The summed E-state index contributed by atoms with van der Waals surface area (Å²) in [7, 11) is -9.22. The van der Waals surface area contributed by atoms with Crippen molar-refractivity contribution >= 4 is 83.7 Å². The van der Waals surface area contributed by atoms with Gasteiger partial charge >= 0.3 is 59.1 Å². The van der Waals surface area contributed by atoms with E-state index in [0.717, 1.165) is 12.3 Å². The fourth-order valence-corrected chi connectivity index (χ4v) is 5.98. The van der Waals surface area contributed by atoms with Crippen LogP contribution in [0.15, 0.2) is 63.5 Å². The molecule has 0 bridgehead atoms. The van der Waals surface area contributed by atoms with Crippen molar-refractivity contribution in [1.82, 2.24) is 9.97 Å². The average Bonchev–Trinajstić information content (AvgIpc) is 2.97. The maximum atomic E-state index is 14.1. The molecule has 0 atom stereocenters. The van der Waals surface area contributed by atoms with Crippen LogP contribution in [-0.2, 0) is 29.3 Å². The second-order valence-corrected chi connectivity index (χ2v) is 13.6. The molecule has 1 aromatic heterocycles. The van der Waals surface area contributed by atoms with E-state index in [1.807, 2.05) is 0 Å². The molecule has 0 amide bonds. The molecule has 0 saturated carbocycles. The zero-order chi connectivity index (χ0) is 32.8. The van der Waals surface area contributed by atoms with Gasteiger partial charge in [-0.2, -0.15) is 18.7 Å². The minimum atomic E-state index is -5.25. The van der Waals surface area contributed by atoms with Gasteiger partial charge in [0, 0.05) is 33.7 Å². The van der Waals surface area contributed by atoms with Crippen molar-refractivity contribution in [1.29, 1.82) is 0 Å². The maximum Gasteiger partial charge on any atom is 1.00 e. The number of carbonyl (C=O) groups excluding carboxylic acids is 2. The summed E-state index contributed by atoms with van der Waals surface area (Å²) in [4.78, 5) is 33.4. The van der Waals surface area contributed by atoms with E-state index in [9.17, 15) is 40.6 Å². The third kappa shape index (κ3) is 8.16. The van der Waals surface area contributed by atoms with Gasteiger partial charge in [0.2, 0.25) is 15.8 Å². The van der Waals surface area contributed by atoms with Gasteiger partial charge in [-0.25, -0.2) is 16.8 Å². The second kappa shape index (κ2) is 15.1. The van der Waals surface area contributed by atoms with Gasteiger partial charge in [-0.3, -0.25) is 14.6 Å². The molecule has 0 fully saturated rings. The van der Waals surface area contributed by atoms with E-state index in [1.165, 1.54) is 42.5 Å². The van der Waals surface area contributed by atoms with Gasteiger partial charge in [0.05, 0.1) is 39.4 Å². The molecule has 0 aliphatic heterocycles. The summed E-state index contributed by atoms with van der Waals surface area (Å²) in [5.41, 5.74) is 4.34. The van der Waals surface area contributed by atoms with Crippen LogP contribution in [0.5, 0.6) is 0 Å². The van der Waals surface area contributed by atoms with Gasteiger partial charge in [-0.05, 0) is 48.5 Å². The van der Waals surface area contributed by atoms with Crippen molar-refractivity contribution in [3.8, 4) is 0 Å². The predicted octanol–water partition coefficient (Wildman–Crippen LogP) is -3.34. The largest absolute Gasteiger partial charge is 1.00 e. The molecule has 0 radical (unpaired) electrons. The number of sulfone groups is 1. The molecule has 1 heterocycles. The molecule has 0 spiro atoms. The number of hydrogen-bond acceptors (Lipinski definition) is 16. The summed E-state index contributed by atoms with van der Waals surface area (Å²) in [6.45, 7) is 0. The fraction of sp³-hybridized carbons (Fsp3) is 0.0400. The number of anilines is 5. The van der Waals surface area contributed by atoms with E-state index in [4.69, 9.17) is 17.3 Å². The van der Waals surface area contributed by atoms with Crippen molar-refractivity contribution in [2.24, 2.45) is 0 Å². The van der Waals surface area contributed by atoms with Crippen LogP contribution >= 0.6 is 23.6 Å². The number of nitrogens with one attached hydrogen (secondary N) is 2. The van der Waals surface area contributed by atoms with Gasteiger partial charge in [-0.15, -0.1) is 0 Å². The number of nitrogens with two attached hydrogens (primary N) is 1. The Balaban J connectivity index is 0.00000300. The van der Waals surface area contributed by atoms with Gasteiger partial charge in [0.15, 0.2) is 17.4 Å². The SMILES string of the molecule is CS(=O)(=O)c1nc(F)c(Cl)c(Nc2ccc(Nc3cc(S(=O)(=O)[O-])c(N)c4c3C(=O)c3ccc(SOO[O-])cc3C4=O)cc2)n1.[Na+].[Na+]. The molecule has 1 aliphatic carbocycles. The van der Waals surface area contributed by atoms with Crippen molar-refractivity contribution < 1.29 is 109 Å². The van der Waals surface area contributed by atoms with Gasteiger partial charge in [0.1, 0.15) is 15.1 Å². The molecular weight excluding hydrogens is 727 g/mol. The minimum Gasteiger partial charge on any atom is -0.744 e. The van der Waals surface area contributed by atoms with E-state index in [1.54, 1.807) is 0 Å². The first-order chi connectivity index (χ1) is 21.1. The molecule has 22 heteroatoms. The van der Waals surface area contributed by atoms with Crippen LogP contribution in [0.2, 0.25) is 5.02 Å². The van der Waals surface area contributed by atoms with Gasteiger partial charge < -0.3 is 26.2 Å². The average molecular weight is 742 g/mol. The minimum absolute atomic E-state index is 0. The normalized spacial score (nSPS) is 12.4. The number of hydrogen-bond donors (Lipinski definition) is 3. The summed E-state index contributed by atoms with van der Waals surface area (Å²) in [6, 6.07) is 10.3. The molecule has 15 nitrogen and oxygen atoms in total. The maximum absolute atomic E-state index is 14.1. The Hall–Kier alpha value is -2.21. The van der Waals surface area contributed by atoms with Crippen molar-refractivity contribution in [3.05, 3.63) is 81.8 Å². The van der Waals surface area contributed by atoms with E-state index in [0.29, 0.717) is 12.0 Å². The molecule has 4 aromatic rings. The standard InChI is InChI=1S/C25H17ClFN5O10S3.2Na/c1-44(36,37)25-31-23(27)19(26)24(32-25)30-11-4-2-10(3-5-11)29-15-9-16(45(38,39)40)20(28)18-17(15)21(33)13-7-6-12(43-42-41-35)8-14(13)22(18)34;;/h2-9,29,35H,28H2,1H3,(H,30,31,32)(H,38,39,40);;/q;2*+1/p-2. The number of aromatic nitrogens is 2. The number of carbonyl (C=O) groups is 2. The van der Waals surface area contributed by atoms with Crippen LogP contribution in [0, 0.1) is 5.95 Å². The monoisotopic (exact) mass is 741 g/mol. The number of benzene rings is 3.